The highest BCUT2D eigenvalue weighted by molar-refractivity contribution is 5.75. The molecule has 116 valence electrons. The van der Waals surface area contributed by atoms with Crippen molar-refractivity contribution < 1.29 is 4.79 Å². The van der Waals surface area contributed by atoms with Gasteiger partial charge in [-0.15, -0.1) is 0 Å². The lowest BCUT2D eigenvalue weighted by Gasteiger charge is -2.07. The van der Waals surface area contributed by atoms with E-state index in [0.29, 0.717) is 5.78 Å². The second-order valence-electron chi connectivity index (χ2n) is 5.58. The van der Waals surface area contributed by atoms with Crippen LogP contribution in [0.1, 0.15) is 105 Å². The van der Waals surface area contributed by atoms with Gasteiger partial charge in [-0.1, -0.05) is 85.5 Å². The number of carbonyl (C=O) groups is 1. The lowest BCUT2D eigenvalue weighted by atomic mass is 9.99. The number of hydrogen-bond donors (Lipinski definition) is 0. The van der Waals surface area contributed by atoms with Crippen LogP contribution in [-0.4, -0.2) is 5.78 Å². The molecule has 0 saturated heterocycles. The smallest absolute Gasteiger partial charge is 0.129 e. The third kappa shape index (κ3) is 20.2. The van der Waals surface area contributed by atoms with Gasteiger partial charge in [-0.3, -0.25) is 0 Å². The molecule has 19 heavy (non-hydrogen) atoms. The average Bonchev–Trinajstić information content (AvgIpc) is 2.42. The van der Waals surface area contributed by atoms with E-state index < -0.39 is 0 Å². The number of ketones is 1. The lowest BCUT2D eigenvalue weighted by Crippen LogP contribution is -1.91. The highest BCUT2D eigenvalue weighted by atomic mass is 16.1. The molecule has 0 fully saturated rings. The van der Waals surface area contributed by atoms with Gasteiger partial charge in [0.2, 0.25) is 0 Å². The molecule has 0 aromatic carbocycles. The molecule has 0 radical (unpaired) electrons. The summed E-state index contributed by atoms with van der Waals surface area (Å²) in [6.07, 6.45) is 14.2. The normalized spacial score (nSPS) is 11.6. The molecule has 0 heterocycles. The Labute approximate surface area is 122 Å². The Morgan fingerprint density at radius 1 is 0.842 bits per heavy atom. The van der Waals surface area contributed by atoms with Gasteiger partial charge < -0.3 is 4.79 Å². The maximum absolute atomic E-state index is 10.7. The Hall–Kier alpha value is -0.330. The standard InChI is InChI=1S/C16H32O.C2H6/c1-4-15(2)13-11-9-7-5-6-8-10-12-14-16(3)17;1-2/h15H,4-14H2,1-3H3;1-2H3. The summed E-state index contributed by atoms with van der Waals surface area (Å²) in [5.74, 6) is 1.26. The summed E-state index contributed by atoms with van der Waals surface area (Å²) < 4.78 is 0. The third-order valence-corrected chi connectivity index (χ3v) is 3.67. The molecule has 0 rings (SSSR count). The summed E-state index contributed by atoms with van der Waals surface area (Å²) in [6.45, 7) is 10.3. The Bertz CT molecular complexity index is 175. The molecule has 1 atom stereocenters. The number of Topliss-reactive ketones (excluding diaryl/α,β-unsaturated/α-hetero) is 1. The van der Waals surface area contributed by atoms with Crippen LogP contribution in [0.4, 0.5) is 0 Å². The van der Waals surface area contributed by atoms with E-state index in [4.69, 9.17) is 0 Å². The molecular formula is C18H38O. The van der Waals surface area contributed by atoms with Crippen molar-refractivity contribution >= 4 is 5.78 Å². The maximum Gasteiger partial charge on any atom is 0.129 e. The van der Waals surface area contributed by atoms with E-state index in [-0.39, 0.29) is 0 Å². The van der Waals surface area contributed by atoms with Gasteiger partial charge in [0.25, 0.3) is 0 Å². The zero-order chi connectivity index (χ0) is 14.9. The molecular weight excluding hydrogens is 232 g/mol. The van der Waals surface area contributed by atoms with Crippen LogP contribution >= 0.6 is 0 Å². The fourth-order valence-corrected chi connectivity index (χ4v) is 2.13. The van der Waals surface area contributed by atoms with Gasteiger partial charge in [-0.25, -0.2) is 0 Å². The second kappa shape index (κ2) is 17.7. The number of carbonyl (C=O) groups excluding carboxylic acids is 1. The topological polar surface area (TPSA) is 17.1 Å². The summed E-state index contributed by atoms with van der Waals surface area (Å²) in [5.41, 5.74) is 0. The van der Waals surface area contributed by atoms with E-state index in [9.17, 15) is 4.79 Å². The van der Waals surface area contributed by atoms with Gasteiger partial charge >= 0.3 is 0 Å². The predicted molar refractivity (Wildman–Crippen MR) is 87.7 cm³/mol. The first-order valence-electron chi connectivity index (χ1n) is 8.66. The molecule has 1 nitrogen and oxygen atoms in total. The van der Waals surface area contributed by atoms with Crippen LogP contribution in [-0.2, 0) is 4.79 Å². The lowest BCUT2D eigenvalue weighted by molar-refractivity contribution is -0.117. The molecule has 1 unspecified atom stereocenters. The van der Waals surface area contributed by atoms with Gasteiger partial charge in [0.05, 0.1) is 0 Å². The van der Waals surface area contributed by atoms with Crippen molar-refractivity contribution in [3.05, 3.63) is 0 Å². The molecule has 1 heteroatoms. The molecule has 0 aromatic rings. The Kier molecular flexibility index (Phi) is 19.5. The average molecular weight is 271 g/mol. The largest absolute Gasteiger partial charge is 0.300 e. The first-order valence-corrected chi connectivity index (χ1v) is 8.66. The zero-order valence-corrected chi connectivity index (χ0v) is 14.3. The zero-order valence-electron chi connectivity index (χ0n) is 14.3. The molecule has 0 saturated carbocycles. The van der Waals surface area contributed by atoms with Crippen molar-refractivity contribution in [3.8, 4) is 0 Å². The van der Waals surface area contributed by atoms with Gasteiger partial charge in [0.15, 0.2) is 0 Å². The molecule has 0 amide bonds. The van der Waals surface area contributed by atoms with Crippen LogP contribution < -0.4 is 0 Å². The minimum atomic E-state index is 0.343. The summed E-state index contributed by atoms with van der Waals surface area (Å²) in [4.78, 5) is 10.7. The molecule has 0 aliphatic carbocycles. The van der Waals surface area contributed by atoms with E-state index in [1.807, 2.05) is 13.8 Å². The van der Waals surface area contributed by atoms with Crippen molar-refractivity contribution in [2.24, 2.45) is 5.92 Å². The first kappa shape index (κ1) is 21.0. The van der Waals surface area contributed by atoms with Crippen LogP contribution in [0.3, 0.4) is 0 Å². The Morgan fingerprint density at radius 3 is 1.68 bits per heavy atom. The van der Waals surface area contributed by atoms with Crippen LogP contribution in [0.2, 0.25) is 0 Å². The monoisotopic (exact) mass is 270 g/mol. The fraction of sp³-hybridized carbons (Fsp3) is 0.944. The highest BCUT2D eigenvalue weighted by Gasteiger charge is 1.98. The molecule has 0 aliphatic heterocycles. The molecule has 0 aromatic heterocycles. The predicted octanol–water partition coefficient (Wildman–Crippen LogP) is 6.55. The highest BCUT2D eigenvalue weighted by Crippen LogP contribution is 2.14. The van der Waals surface area contributed by atoms with Crippen LogP contribution in [0.15, 0.2) is 0 Å². The van der Waals surface area contributed by atoms with E-state index in [1.165, 1.54) is 57.8 Å². The quantitative estimate of drug-likeness (QED) is 0.367. The summed E-state index contributed by atoms with van der Waals surface area (Å²) in [7, 11) is 0. The molecule has 0 spiro atoms. The molecule has 0 aliphatic rings. The van der Waals surface area contributed by atoms with E-state index in [0.717, 1.165) is 18.8 Å². The second-order valence-corrected chi connectivity index (χ2v) is 5.58. The minimum absolute atomic E-state index is 0.343. The van der Waals surface area contributed by atoms with Crippen molar-refractivity contribution in [2.75, 3.05) is 0 Å². The van der Waals surface area contributed by atoms with Gasteiger partial charge in [0.1, 0.15) is 5.78 Å². The number of unbranched alkanes of at least 4 members (excludes halogenated alkanes) is 7. The third-order valence-electron chi connectivity index (χ3n) is 3.67. The Balaban J connectivity index is 0. The minimum Gasteiger partial charge on any atom is -0.300 e. The van der Waals surface area contributed by atoms with Crippen molar-refractivity contribution in [3.63, 3.8) is 0 Å². The van der Waals surface area contributed by atoms with E-state index >= 15 is 0 Å². The summed E-state index contributed by atoms with van der Waals surface area (Å²) >= 11 is 0. The molecule has 0 bridgehead atoms. The van der Waals surface area contributed by atoms with Crippen molar-refractivity contribution in [1.29, 1.82) is 0 Å². The van der Waals surface area contributed by atoms with Crippen molar-refractivity contribution in [2.45, 2.75) is 105 Å². The number of rotatable bonds is 12. The van der Waals surface area contributed by atoms with Gasteiger partial charge in [-0.2, -0.15) is 0 Å². The fourth-order valence-electron chi connectivity index (χ4n) is 2.13. The van der Waals surface area contributed by atoms with Crippen molar-refractivity contribution in [1.82, 2.24) is 0 Å². The summed E-state index contributed by atoms with van der Waals surface area (Å²) in [6, 6.07) is 0. The Morgan fingerprint density at radius 2 is 1.26 bits per heavy atom. The van der Waals surface area contributed by atoms with Crippen LogP contribution in [0, 0.1) is 5.92 Å². The van der Waals surface area contributed by atoms with Crippen LogP contribution in [0.5, 0.6) is 0 Å². The van der Waals surface area contributed by atoms with Crippen LogP contribution in [0.25, 0.3) is 0 Å². The summed E-state index contributed by atoms with van der Waals surface area (Å²) in [5, 5.41) is 0. The van der Waals surface area contributed by atoms with E-state index in [1.54, 1.807) is 6.92 Å². The van der Waals surface area contributed by atoms with Gasteiger partial charge in [-0.05, 0) is 19.3 Å². The first-order chi connectivity index (χ1) is 9.16. The molecule has 0 N–H and O–H groups in total. The maximum atomic E-state index is 10.7. The van der Waals surface area contributed by atoms with Gasteiger partial charge in [0, 0.05) is 6.42 Å². The number of hydrogen-bond acceptors (Lipinski definition) is 1. The SMILES string of the molecule is CC.CCC(C)CCCCCCCCCCC(C)=O. The van der Waals surface area contributed by atoms with E-state index in [2.05, 4.69) is 13.8 Å².